The second-order valence-electron chi connectivity index (χ2n) is 9.24. The molecule has 0 bridgehead atoms. The monoisotopic (exact) mass is 411 g/mol. The molecule has 2 heterocycles. The summed E-state index contributed by atoms with van der Waals surface area (Å²) in [5.41, 5.74) is 0.392. The van der Waals surface area contributed by atoms with E-state index in [9.17, 15) is 4.79 Å². The predicted molar refractivity (Wildman–Crippen MR) is 114 cm³/mol. The van der Waals surface area contributed by atoms with Crippen LogP contribution in [0.5, 0.6) is 0 Å². The van der Waals surface area contributed by atoms with E-state index in [2.05, 4.69) is 42.0 Å². The highest BCUT2D eigenvalue weighted by molar-refractivity contribution is 7.16. The third-order valence-corrected chi connectivity index (χ3v) is 7.37. The number of hydrogen-bond donors (Lipinski definition) is 1. The van der Waals surface area contributed by atoms with Crippen LogP contribution in [0.3, 0.4) is 0 Å². The van der Waals surface area contributed by atoms with E-state index in [0.717, 1.165) is 55.8 Å². The molecule has 152 valence electrons. The standard InChI is InChI=1S/C21H34ClN3OS/c1-21(2,3)16-4-6-17(7-5-16)23-20(26)15-25-12-10-24(11-13-25)14-18-8-9-19(22)27-18/h8-9,16-17H,4-7,10-15H2,1-3H3,(H,23,26). The summed E-state index contributed by atoms with van der Waals surface area (Å²) in [6.45, 7) is 12.5. The van der Waals surface area contributed by atoms with E-state index >= 15 is 0 Å². The third-order valence-electron chi connectivity index (χ3n) is 6.16. The number of rotatable bonds is 5. The van der Waals surface area contributed by atoms with Crippen LogP contribution in [0, 0.1) is 11.3 Å². The predicted octanol–water partition coefficient (Wildman–Crippen LogP) is 4.24. The Morgan fingerprint density at radius 3 is 2.30 bits per heavy atom. The summed E-state index contributed by atoms with van der Waals surface area (Å²) in [6.07, 6.45) is 4.73. The summed E-state index contributed by atoms with van der Waals surface area (Å²) in [7, 11) is 0. The van der Waals surface area contributed by atoms with Crippen LogP contribution < -0.4 is 5.32 Å². The van der Waals surface area contributed by atoms with Crippen molar-refractivity contribution in [1.29, 1.82) is 0 Å². The smallest absolute Gasteiger partial charge is 0.234 e. The molecule has 0 unspecified atom stereocenters. The van der Waals surface area contributed by atoms with E-state index in [1.807, 2.05) is 6.07 Å². The van der Waals surface area contributed by atoms with Gasteiger partial charge >= 0.3 is 0 Å². The number of halogens is 1. The van der Waals surface area contributed by atoms with Crippen LogP contribution >= 0.6 is 22.9 Å². The Kier molecular flexibility index (Phi) is 7.23. The van der Waals surface area contributed by atoms with Gasteiger partial charge in [-0.3, -0.25) is 14.6 Å². The Balaban J connectivity index is 1.34. The number of nitrogens with zero attached hydrogens (tertiary/aromatic N) is 2. The van der Waals surface area contributed by atoms with Crippen LogP contribution in [-0.4, -0.2) is 54.5 Å². The molecule has 2 aliphatic rings. The van der Waals surface area contributed by atoms with Gasteiger partial charge in [-0.15, -0.1) is 11.3 Å². The van der Waals surface area contributed by atoms with E-state index in [1.54, 1.807) is 11.3 Å². The molecule has 1 aliphatic carbocycles. The quantitative estimate of drug-likeness (QED) is 0.787. The van der Waals surface area contributed by atoms with Gasteiger partial charge < -0.3 is 5.32 Å². The normalized spacial score (nSPS) is 25.5. The second-order valence-corrected chi connectivity index (χ2v) is 11.0. The van der Waals surface area contributed by atoms with Crippen molar-refractivity contribution in [2.45, 2.75) is 59.0 Å². The topological polar surface area (TPSA) is 35.6 Å². The lowest BCUT2D eigenvalue weighted by molar-refractivity contribution is -0.123. The molecule has 1 saturated heterocycles. The zero-order chi connectivity index (χ0) is 19.4. The van der Waals surface area contributed by atoms with Gasteiger partial charge in [0.05, 0.1) is 10.9 Å². The van der Waals surface area contributed by atoms with E-state index in [1.165, 1.54) is 17.7 Å². The van der Waals surface area contributed by atoms with Crippen molar-refractivity contribution in [3.63, 3.8) is 0 Å². The fourth-order valence-corrected chi connectivity index (χ4v) is 5.47. The fraction of sp³-hybridized carbons (Fsp3) is 0.762. The maximum Gasteiger partial charge on any atom is 0.234 e. The van der Waals surface area contributed by atoms with Crippen LogP contribution in [0.4, 0.5) is 0 Å². The molecule has 1 N–H and O–H groups in total. The van der Waals surface area contributed by atoms with E-state index in [4.69, 9.17) is 11.6 Å². The number of hydrogen-bond acceptors (Lipinski definition) is 4. The van der Waals surface area contributed by atoms with Crippen LogP contribution in [-0.2, 0) is 11.3 Å². The first-order valence-corrected chi connectivity index (χ1v) is 11.5. The first-order chi connectivity index (χ1) is 12.8. The van der Waals surface area contributed by atoms with Gasteiger partial charge in [-0.05, 0) is 49.1 Å². The molecule has 1 saturated carbocycles. The summed E-state index contributed by atoms with van der Waals surface area (Å²) < 4.78 is 0.858. The molecule has 4 nitrogen and oxygen atoms in total. The van der Waals surface area contributed by atoms with Crippen molar-refractivity contribution in [2.24, 2.45) is 11.3 Å². The SMILES string of the molecule is CC(C)(C)C1CCC(NC(=O)CN2CCN(Cc3ccc(Cl)s3)CC2)CC1. The van der Waals surface area contributed by atoms with Crippen molar-refractivity contribution in [3.05, 3.63) is 21.3 Å². The molecular weight excluding hydrogens is 378 g/mol. The number of thiophene rings is 1. The number of piperazine rings is 1. The maximum atomic E-state index is 12.5. The lowest BCUT2D eigenvalue weighted by atomic mass is 9.71. The highest BCUT2D eigenvalue weighted by Crippen LogP contribution is 2.37. The summed E-state index contributed by atoms with van der Waals surface area (Å²) in [6, 6.07) is 4.46. The molecular formula is C21H34ClN3OS. The zero-order valence-corrected chi connectivity index (χ0v) is 18.5. The maximum absolute atomic E-state index is 12.5. The first-order valence-electron chi connectivity index (χ1n) is 10.3. The lowest BCUT2D eigenvalue weighted by Crippen LogP contribution is -2.50. The van der Waals surface area contributed by atoms with Crippen LogP contribution in [0.25, 0.3) is 0 Å². The van der Waals surface area contributed by atoms with Gasteiger partial charge in [-0.2, -0.15) is 0 Å². The molecule has 0 atom stereocenters. The Morgan fingerprint density at radius 2 is 1.74 bits per heavy atom. The molecule has 1 aromatic heterocycles. The minimum Gasteiger partial charge on any atom is -0.352 e. The summed E-state index contributed by atoms with van der Waals surface area (Å²) in [4.78, 5) is 18.5. The van der Waals surface area contributed by atoms with Gasteiger partial charge in [-0.25, -0.2) is 0 Å². The van der Waals surface area contributed by atoms with Gasteiger partial charge in [0.25, 0.3) is 0 Å². The Hall–Kier alpha value is -0.620. The molecule has 1 aromatic rings. The highest BCUT2D eigenvalue weighted by Gasteiger charge is 2.30. The van der Waals surface area contributed by atoms with Gasteiger partial charge in [0.15, 0.2) is 0 Å². The second kappa shape index (κ2) is 9.25. The number of carbonyl (C=O) groups is 1. The summed E-state index contributed by atoms with van der Waals surface area (Å²) in [5.74, 6) is 0.990. The van der Waals surface area contributed by atoms with Gasteiger partial charge in [0.2, 0.25) is 5.91 Å². The first kappa shape index (κ1) is 21.1. The molecule has 0 spiro atoms. The van der Waals surface area contributed by atoms with Crippen LogP contribution in [0.2, 0.25) is 4.34 Å². The van der Waals surface area contributed by atoms with Crippen LogP contribution in [0.15, 0.2) is 12.1 Å². The molecule has 27 heavy (non-hydrogen) atoms. The Morgan fingerprint density at radius 1 is 1.11 bits per heavy atom. The van der Waals surface area contributed by atoms with Crippen LogP contribution in [0.1, 0.15) is 51.3 Å². The number of carbonyl (C=O) groups excluding carboxylic acids is 1. The van der Waals surface area contributed by atoms with Gasteiger partial charge in [-0.1, -0.05) is 32.4 Å². The van der Waals surface area contributed by atoms with Crippen molar-refractivity contribution in [1.82, 2.24) is 15.1 Å². The molecule has 2 fully saturated rings. The lowest BCUT2D eigenvalue weighted by Gasteiger charge is -2.37. The average molecular weight is 412 g/mol. The van der Waals surface area contributed by atoms with E-state index in [0.29, 0.717) is 18.0 Å². The molecule has 1 amide bonds. The Labute approximate surface area is 173 Å². The minimum atomic E-state index is 0.202. The van der Waals surface area contributed by atoms with Gasteiger partial charge in [0.1, 0.15) is 0 Å². The van der Waals surface area contributed by atoms with Crippen molar-refractivity contribution < 1.29 is 4.79 Å². The summed E-state index contributed by atoms with van der Waals surface area (Å²) >= 11 is 7.68. The molecule has 3 rings (SSSR count). The zero-order valence-electron chi connectivity index (χ0n) is 17.0. The average Bonchev–Trinajstić information content (AvgIpc) is 3.01. The Bertz CT molecular complexity index is 611. The number of nitrogens with one attached hydrogen (secondary N) is 1. The molecule has 1 aliphatic heterocycles. The van der Waals surface area contributed by atoms with Crippen molar-refractivity contribution in [3.8, 4) is 0 Å². The number of amides is 1. The minimum absolute atomic E-state index is 0.202. The molecule has 0 radical (unpaired) electrons. The summed E-state index contributed by atoms with van der Waals surface area (Å²) in [5, 5.41) is 3.28. The molecule has 6 heteroatoms. The highest BCUT2D eigenvalue weighted by atomic mass is 35.5. The third kappa shape index (κ3) is 6.45. The molecule has 0 aromatic carbocycles. The van der Waals surface area contributed by atoms with E-state index < -0.39 is 0 Å². The van der Waals surface area contributed by atoms with E-state index in [-0.39, 0.29) is 5.91 Å². The van der Waals surface area contributed by atoms with Crippen molar-refractivity contribution in [2.75, 3.05) is 32.7 Å². The fourth-order valence-electron chi connectivity index (χ4n) is 4.34. The van der Waals surface area contributed by atoms with Crippen molar-refractivity contribution >= 4 is 28.8 Å². The van der Waals surface area contributed by atoms with Gasteiger partial charge in [0, 0.05) is 43.6 Å². The largest absolute Gasteiger partial charge is 0.352 e.